The lowest BCUT2D eigenvalue weighted by Gasteiger charge is -2.24. The van der Waals surface area contributed by atoms with Gasteiger partial charge in [0.1, 0.15) is 5.69 Å². The molecule has 96 valence electrons. The number of hydrogen-bond acceptors (Lipinski definition) is 4. The highest BCUT2D eigenvalue weighted by Crippen LogP contribution is 2.25. The molecule has 1 aromatic heterocycles. The molecule has 0 bridgehead atoms. The summed E-state index contributed by atoms with van der Waals surface area (Å²) in [6.45, 7) is 4.61. The van der Waals surface area contributed by atoms with Crippen molar-refractivity contribution < 1.29 is 4.79 Å². The van der Waals surface area contributed by atoms with Crippen molar-refractivity contribution in [1.29, 1.82) is 0 Å². The second kappa shape index (κ2) is 4.65. The highest BCUT2D eigenvalue weighted by atomic mass is 16.2. The van der Waals surface area contributed by atoms with Crippen molar-refractivity contribution in [2.24, 2.45) is 5.92 Å². The number of carbonyl (C=O) groups excluding carboxylic acids is 1. The van der Waals surface area contributed by atoms with Gasteiger partial charge in [0, 0.05) is 25.3 Å². The lowest BCUT2D eigenvalue weighted by molar-refractivity contribution is 0.0779. The van der Waals surface area contributed by atoms with E-state index in [-0.39, 0.29) is 5.91 Å². The van der Waals surface area contributed by atoms with E-state index in [1.807, 2.05) is 11.8 Å². The van der Waals surface area contributed by atoms with Crippen LogP contribution in [0.4, 0.5) is 0 Å². The van der Waals surface area contributed by atoms with Crippen LogP contribution in [0.1, 0.15) is 29.0 Å². The number of piperidine rings is 1. The molecule has 5 heteroatoms. The Hall–Kier alpha value is -1.49. The van der Waals surface area contributed by atoms with Crippen LogP contribution in [0.5, 0.6) is 0 Å². The molecule has 2 saturated heterocycles. The molecule has 3 heterocycles. The largest absolute Gasteiger partial charge is 0.335 e. The molecule has 5 nitrogen and oxygen atoms in total. The van der Waals surface area contributed by atoms with Crippen molar-refractivity contribution in [3.63, 3.8) is 0 Å². The van der Waals surface area contributed by atoms with Gasteiger partial charge >= 0.3 is 0 Å². The number of likely N-dealkylation sites (tertiary alicyclic amines) is 1. The predicted molar refractivity (Wildman–Crippen MR) is 67.2 cm³/mol. The fourth-order valence-corrected chi connectivity index (χ4v) is 2.88. The van der Waals surface area contributed by atoms with Gasteiger partial charge in [0.05, 0.1) is 11.9 Å². The second-order valence-electron chi connectivity index (χ2n) is 5.22. The van der Waals surface area contributed by atoms with E-state index in [9.17, 15) is 4.79 Å². The van der Waals surface area contributed by atoms with E-state index >= 15 is 0 Å². The summed E-state index contributed by atoms with van der Waals surface area (Å²) in [7, 11) is 0. The van der Waals surface area contributed by atoms with E-state index in [0.29, 0.717) is 17.7 Å². The number of carbonyl (C=O) groups is 1. The van der Waals surface area contributed by atoms with Gasteiger partial charge in [-0.15, -0.1) is 0 Å². The third-order valence-corrected chi connectivity index (χ3v) is 3.89. The van der Waals surface area contributed by atoms with Crippen molar-refractivity contribution in [3.05, 3.63) is 23.8 Å². The van der Waals surface area contributed by atoms with Crippen LogP contribution in [0, 0.1) is 12.8 Å². The molecule has 2 aliphatic heterocycles. The maximum absolute atomic E-state index is 12.3. The lowest BCUT2D eigenvalue weighted by Crippen LogP contribution is -2.41. The Balaban J connectivity index is 1.72. The van der Waals surface area contributed by atoms with Crippen molar-refractivity contribution >= 4 is 5.91 Å². The van der Waals surface area contributed by atoms with E-state index in [1.165, 1.54) is 12.8 Å². The fourth-order valence-electron chi connectivity index (χ4n) is 2.88. The van der Waals surface area contributed by atoms with Crippen LogP contribution in [0.2, 0.25) is 0 Å². The summed E-state index contributed by atoms with van der Waals surface area (Å²) < 4.78 is 0. The highest BCUT2D eigenvalue weighted by molar-refractivity contribution is 5.92. The Kier molecular flexibility index (Phi) is 2.99. The van der Waals surface area contributed by atoms with Crippen molar-refractivity contribution in [2.45, 2.75) is 25.8 Å². The molecule has 2 atom stereocenters. The average Bonchev–Trinajstić information content (AvgIpc) is 2.82. The smallest absolute Gasteiger partial charge is 0.274 e. The van der Waals surface area contributed by atoms with E-state index in [4.69, 9.17) is 0 Å². The summed E-state index contributed by atoms with van der Waals surface area (Å²) in [5.41, 5.74) is 1.29. The quantitative estimate of drug-likeness (QED) is 0.788. The number of hydrogen-bond donors (Lipinski definition) is 1. The minimum Gasteiger partial charge on any atom is -0.335 e. The number of fused-ring (bicyclic) bond motifs is 1. The summed E-state index contributed by atoms with van der Waals surface area (Å²) in [6.07, 6.45) is 5.66. The van der Waals surface area contributed by atoms with Crippen LogP contribution in [0.15, 0.2) is 12.4 Å². The first-order chi connectivity index (χ1) is 8.74. The minimum atomic E-state index is 0.0127. The molecule has 3 rings (SSSR count). The third kappa shape index (κ3) is 2.10. The first-order valence-corrected chi connectivity index (χ1v) is 6.55. The van der Waals surface area contributed by atoms with E-state index in [1.54, 1.807) is 12.4 Å². The number of aromatic nitrogens is 2. The topological polar surface area (TPSA) is 58.1 Å². The Labute approximate surface area is 107 Å². The van der Waals surface area contributed by atoms with E-state index in [2.05, 4.69) is 15.3 Å². The maximum atomic E-state index is 12.3. The van der Waals surface area contributed by atoms with Gasteiger partial charge in [0.2, 0.25) is 0 Å². The fraction of sp³-hybridized carbons (Fsp3) is 0.615. The number of aryl methyl sites for hydroxylation is 1. The standard InChI is InChI=1S/C13H18N4O/c1-9-5-16-11(6-15-9)13(18)17-7-10-3-2-4-14-12(10)8-17/h5-6,10,12,14H,2-4,7-8H2,1H3/t10-,12+/m0/s1. The average molecular weight is 246 g/mol. The molecule has 0 spiro atoms. The van der Waals surface area contributed by atoms with Crippen LogP contribution in [0.25, 0.3) is 0 Å². The van der Waals surface area contributed by atoms with Crippen molar-refractivity contribution in [1.82, 2.24) is 20.2 Å². The van der Waals surface area contributed by atoms with Crippen LogP contribution < -0.4 is 5.32 Å². The zero-order valence-electron chi connectivity index (χ0n) is 10.6. The molecule has 0 unspecified atom stereocenters. The molecule has 1 aromatic rings. The zero-order chi connectivity index (χ0) is 12.5. The molecule has 2 aliphatic rings. The summed E-state index contributed by atoms with van der Waals surface area (Å²) in [5.74, 6) is 0.625. The van der Waals surface area contributed by atoms with Gasteiger partial charge in [-0.3, -0.25) is 9.78 Å². The zero-order valence-corrected chi connectivity index (χ0v) is 10.6. The van der Waals surface area contributed by atoms with Crippen LogP contribution >= 0.6 is 0 Å². The molecule has 2 fully saturated rings. The molecule has 0 aliphatic carbocycles. The number of nitrogens with zero attached hydrogens (tertiary/aromatic N) is 3. The van der Waals surface area contributed by atoms with Gasteiger partial charge in [-0.25, -0.2) is 4.98 Å². The summed E-state index contributed by atoms with van der Waals surface area (Å²) >= 11 is 0. The minimum absolute atomic E-state index is 0.0127. The Morgan fingerprint density at radius 2 is 2.28 bits per heavy atom. The first kappa shape index (κ1) is 11.6. The van der Waals surface area contributed by atoms with Gasteiger partial charge in [0.25, 0.3) is 5.91 Å². The Bertz CT molecular complexity index is 431. The van der Waals surface area contributed by atoms with Gasteiger partial charge in [-0.2, -0.15) is 0 Å². The molecular weight excluding hydrogens is 228 g/mol. The SMILES string of the molecule is Cc1cnc(C(=O)N2C[C@@H]3CCCN[C@@H]3C2)cn1. The number of rotatable bonds is 1. The molecule has 18 heavy (non-hydrogen) atoms. The summed E-state index contributed by atoms with van der Waals surface area (Å²) in [4.78, 5) is 22.5. The van der Waals surface area contributed by atoms with Gasteiger partial charge in [0.15, 0.2) is 0 Å². The van der Waals surface area contributed by atoms with Crippen molar-refractivity contribution in [3.8, 4) is 0 Å². The molecule has 0 radical (unpaired) electrons. The van der Waals surface area contributed by atoms with Gasteiger partial charge < -0.3 is 10.2 Å². The Morgan fingerprint density at radius 1 is 1.39 bits per heavy atom. The highest BCUT2D eigenvalue weighted by Gasteiger charge is 2.36. The maximum Gasteiger partial charge on any atom is 0.274 e. The summed E-state index contributed by atoms with van der Waals surface area (Å²) in [6, 6.07) is 0.473. The van der Waals surface area contributed by atoms with E-state index < -0.39 is 0 Å². The number of nitrogens with one attached hydrogen (secondary N) is 1. The lowest BCUT2D eigenvalue weighted by atomic mass is 9.94. The van der Waals surface area contributed by atoms with E-state index in [0.717, 1.165) is 25.3 Å². The van der Waals surface area contributed by atoms with Gasteiger partial charge in [-0.1, -0.05) is 0 Å². The molecule has 0 saturated carbocycles. The van der Waals surface area contributed by atoms with Gasteiger partial charge in [-0.05, 0) is 32.2 Å². The third-order valence-electron chi connectivity index (χ3n) is 3.89. The van der Waals surface area contributed by atoms with Crippen LogP contribution in [0.3, 0.4) is 0 Å². The summed E-state index contributed by atoms with van der Waals surface area (Å²) in [5, 5.41) is 3.50. The predicted octanol–water partition coefficient (Wildman–Crippen LogP) is 0.609. The van der Waals surface area contributed by atoms with Crippen LogP contribution in [-0.2, 0) is 0 Å². The molecule has 1 amide bonds. The number of amides is 1. The monoisotopic (exact) mass is 246 g/mol. The molecule has 1 N–H and O–H groups in total. The van der Waals surface area contributed by atoms with Crippen LogP contribution in [-0.4, -0.2) is 46.5 Å². The molecule has 0 aromatic carbocycles. The molecular formula is C13H18N4O. The normalized spacial score (nSPS) is 27.1. The Morgan fingerprint density at radius 3 is 3.00 bits per heavy atom. The second-order valence-corrected chi connectivity index (χ2v) is 5.22. The first-order valence-electron chi connectivity index (χ1n) is 6.55. The van der Waals surface area contributed by atoms with Crippen molar-refractivity contribution in [2.75, 3.05) is 19.6 Å².